The van der Waals surface area contributed by atoms with E-state index in [9.17, 15) is 0 Å². The third-order valence-corrected chi connectivity index (χ3v) is 1.39. The Hall–Kier alpha value is -1.56. The molecule has 3 nitrogen and oxygen atoms in total. The fourth-order valence-electron chi connectivity index (χ4n) is 0.888. The lowest BCUT2D eigenvalue weighted by Gasteiger charge is -2.03. The highest BCUT2D eigenvalue weighted by atomic mass is 16.5. The van der Waals surface area contributed by atoms with Gasteiger partial charge in [-0.15, -0.1) is 0 Å². The minimum absolute atomic E-state index is 0.422. The van der Waals surface area contributed by atoms with Crippen LogP contribution in [0.4, 0.5) is 0 Å². The van der Waals surface area contributed by atoms with E-state index >= 15 is 0 Å². The van der Waals surface area contributed by atoms with Gasteiger partial charge in [-0.3, -0.25) is 0 Å². The van der Waals surface area contributed by atoms with Gasteiger partial charge in [0.25, 0.3) is 0 Å². The van der Waals surface area contributed by atoms with E-state index < -0.39 is 0 Å². The van der Waals surface area contributed by atoms with Crippen molar-refractivity contribution in [2.24, 2.45) is 0 Å². The van der Waals surface area contributed by atoms with E-state index in [0.29, 0.717) is 18.1 Å². The maximum atomic E-state index is 8.70. The standard InChI is InChI=1S/C9H10N2O.2C2H6/c1-3-12-9-8(5-10)4-7(2)6-11-9;2*1-2/h4,6H,3H2,1-2H3;2*1-2H3. The first-order valence-corrected chi connectivity index (χ1v) is 5.77. The first-order chi connectivity index (χ1) is 7.77. The molecule has 1 aromatic rings. The monoisotopic (exact) mass is 222 g/mol. The van der Waals surface area contributed by atoms with Crippen molar-refractivity contribution in [3.05, 3.63) is 23.4 Å². The van der Waals surface area contributed by atoms with Crippen molar-refractivity contribution in [1.82, 2.24) is 4.98 Å². The van der Waals surface area contributed by atoms with Crippen LogP contribution >= 0.6 is 0 Å². The zero-order valence-corrected chi connectivity index (χ0v) is 11.2. The van der Waals surface area contributed by atoms with E-state index in [0.717, 1.165) is 5.56 Å². The van der Waals surface area contributed by atoms with E-state index in [4.69, 9.17) is 10.00 Å². The lowest BCUT2D eigenvalue weighted by Crippen LogP contribution is -1.97. The van der Waals surface area contributed by atoms with Crippen LogP contribution in [-0.4, -0.2) is 11.6 Å². The van der Waals surface area contributed by atoms with Gasteiger partial charge in [-0.2, -0.15) is 5.26 Å². The van der Waals surface area contributed by atoms with Crippen LogP contribution in [0.25, 0.3) is 0 Å². The van der Waals surface area contributed by atoms with E-state index in [1.165, 1.54) is 0 Å². The smallest absolute Gasteiger partial charge is 0.231 e. The Morgan fingerprint density at radius 1 is 1.31 bits per heavy atom. The summed E-state index contributed by atoms with van der Waals surface area (Å²) in [5.74, 6) is 0.422. The Morgan fingerprint density at radius 2 is 1.88 bits per heavy atom. The molecule has 3 heteroatoms. The molecule has 16 heavy (non-hydrogen) atoms. The van der Waals surface area contributed by atoms with Crippen molar-refractivity contribution >= 4 is 0 Å². The summed E-state index contributed by atoms with van der Waals surface area (Å²) in [5, 5.41) is 8.70. The van der Waals surface area contributed by atoms with Gasteiger partial charge < -0.3 is 4.74 Å². The SMILES string of the molecule is CC.CC.CCOc1ncc(C)cc1C#N. The molecule has 0 saturated heterocycles. The highest BCUT2D eigenvalue weighted by molar-refractivity contribution is 5.39. The summed E-state index contributed by atoms with van der Waals surface area (Å²) in [5.41, 5.74) is 1.46. The summed E-state index contributed by atoms with van der Waals surface area (Å²) >= 11 is 0. The van der Waals surface area contributed by atoms with Crippen LogP contribution in [0.5, 0.6) is 5.88 Å². The number of hydrogen-bond donors (Lipinski definition) is 0. The summed E-state index contributed by atoms with van der Waals surface area (Å²) < 4.78 is 5.15. The third kappa shape index (κ3) is 6.02. The topological polar surface area (TPSA) is 45.9 Å². The molecular formula is C13H22N2O. The summed E-state index contributed by atoms with van der Waals surface area (Å²) in [6.45, 7) is 12.3. The lowest BCUT2D eigenvalue weighted by atomic mass is 10.2. The number of hydrogen-bond acceptors (Lipinski definition) is 3. The molecule has 0 saturated carbocycles. The molecule has 0 radical (unpaired) electrons. The molecule has 0 amide bonds. The molecule has 0 aliphatic heterocycles. The normalized spacial score (nSPS) is 7.56. The molecule has 0 aromatic carbocycles. The van der Waals surface area contributed by atoms with Crippen LogP contribution in [0.1, 0.15) is 45.7 Å². The van der Waals surface area contributed by atoms with Crippen LogP contribution < -0.4 is 4.74 Å². The van der Waals surface area contributed by atoms with Crippen molar-refractivity contribution in [2.75, 3.05) is 6.61 Å². The van der Waals surface area contributed by atoms with Gasteiger partial charge in [0.05, 0.1) is 6.61 Å². The minimum atomic E-state index is 0.422. The fraction of sp³-hybridized carbons (Fsp3) is 0.538. The second-order valence-corrected chi connectivity index (χ2v) is 2.41. The van der Waals surface area contributed by atoms with Gasteiger partial charge in [0.2, 0.25) is 5.88 Å². The number of nitrogens with zero attached hydrogens (tertiary/aromatic N) is 2. The van der Waals surface area contributed by atoms with Gasteiger partial charge in [-0.25, -0.2) is 4.98 Å². The lowest BCUT2D eigenvalue weighted by molar-refractivity contribution is 0.325. The molecule has 0 fully saturated rings. The summed E-state index contributed by atoms with van der Waals surface area (Å²) in [7, 11) is 0. The molecule has 0 N–H and O–H groups in total. The van der Waals surface area contributed by atoms with Crippen LogP contribution in [0.3, 0.4) is 0 Å². The van der Waals surface area contributed by atoms with Crippen molar-refractivity contribution in [3.63, 3.8) is 0 Å². The van der Waals surface area contributed by atoms with Crippen LogP contribution in [-0.2, 0) is 0 Å². The molecule has 0 atom stereocenters. The Morgan fingerprint density at radius 3 is 2.31 bits per heavy atom. The molecule has 0 spiro atoms. The number of ether oxygens (including phenoxy) is 1. The highest BCUT2D eigenvalue weighted by Gasteiger charge is 2.02. The summed E-state index contributed by atoms with van der Waals surface area (Å²) in [4.78, 5) is 3.99. The predicted octanol–water partition coefficient (Wildman–Crippen LogP) is 3.71. The Labute approximate surface area is 99.1 Å². The Bertz CT molecular complexity index is 316. The van der Waals surface area contributed by atoms with Crippen LogP contribution in [0.15, 0.2) is 12.3 Å². The van der Waals surface area contributed by atoms with Crippen molar-refractivity contribution in [2.45, 2.75) is 41.5 Å². The van der Waals surface area contributed by atoms with Gasteiger partial charge in [-0.05, 0) is 25.5 Å². The largest absolute Gasteiger partial charge is 0.477 e. The average Bonchev–Trinajstić information content (AvgIpc) is 2.36. The van der Waals surface area contributed by atoms with Crippen molar-refractivity contribution < 1.29 is 4.74 Å². The van der Waals surface area contributed by atoms with Gasteiger partial charge in [0.1, 0.15) is 11.6 Å². The summed E-state index contributed by atoms with van der Waals surface area (Å²) in [6.07, 6.45) is 1.69. The first kappa shape index (κ1) is 16.9. The maximum absolute atomic E-state index is 8.70. The molecular weight excluding hydrogens is 200 g/mol. The average molecular weight is 222 g/mol. The number of pyridine rings is 1. The first-order valence-electron chi connectivity index (χ1n) is 5.77. The molecule has 0 aliphatic rings. The second-order valence-electron chi connectivity index (χ2n) is 2.41. The summed E-state index contributed by atoms with van der Waals surface area (Å²) in [6, 6.07) is 3.80. The van der Waals surface area contributed by atoms with E-state index in [1.807, 2.05) is 47.6 Å². The molecule has 1 heterocycles. The zero-order chi connectivity index (χ0) is 13.0. The van der Waals surface area contributed by atoms with Crippen LogP contribution in [0.2, 0.25) is 0 Å². The Kier molecular flexibility index (Phi) is 12.1. The van der Waals surface area contributed by atoms with Crippen molar-refractivity contribution in [3.8, 4) is 11.9 Å². The minimum Gasteiger partial charge on any atom is -0.477 e. The second kappa shape index (κ2) is 11.5. The van der Waals surface area contributed by atoms with Crippen molar-refractivity contribution in [1.29, 1.82) is 5.26 Å². The number of nitriles is 1. The predicted molar refractivity (Wildman–Crippen MR) is 67.6 cm³/mol. The fourth-order valence-corrected chi connectivity index (χ4v) is 0.888. The number of rotatable bonds is 2. The molecule has 90 valence electrons. The van der Waals surface area contributed by atoms with E-state index in [-0.39, 0.29) is 0 Å². The molecule has 1 rings (SSSR count). The zero-order valence-electron chi connectivity index (χ0n) is 11.2. The van der Waals surface area contributed by atoms with E-state index in [1.54, 1.807) is 12.3 Å². The quantitative estimate of drug-likeness (QED) is 0.766. The molecule has 0 bridgehead atoms. The van der Waals surface area contributed by atoms with Gasteiger partial charge >= 0.3 is 0 Å². The van der Waals surface area contributed by atoms with E-state index in [2.05, 4.69) is 4.98 Å². The van der Waals surface area contributed by atoms with Gasteiger partial charge in [0, 0.05) is 6.20 Å². The Balaban J connectivity index is 0. The van der Waals surface area contributed by atoms with Crippen LogP contribution in [0, 0.1) is 18.3 Å². The third-order valence-electron chi connectivity index (χ3n) is 1.39. The number of aryl methyl sites for hydroxylation is 1. The molecule has 0 unspecified atom stereocenters. The van der Waals surface area contributed by atoms with Gasteiger partial charge in [-0.1, -0.05) is 27.7 Å². The maximum Gasteiger partial charge on any atom is 0.231 e. The number of aromatic nitrogens is 1. The molecule has 0 aliphatic carbocycles. The highest BCUT2D eigenvalue weighted by Crippen LogP contribution is 2.14. The van der Waals surface area contributed by atoms with Gasteiger partial charge in [0.15, 0.2) is 0 Å². The molecule has 1 aromatic heterocycles.